The van der Waals surface area contributed by atoms with Crippen molar-refractivity contribution in [2.45, 2.75) is 6.04 Å². The van der Waals surface area contributed by atoms with Crippen LogP contribution in [0.5, 0.6) is 5.75 Å². The van der Waals surface area contributed by atoms with Crippen LogP contribution in [0.1, 0.15) is 11.6 Å². The van der Waals surface area contributed by atoms with Gasteiger partial charge in [-0.1, -0.05) is 34.1 Å². The van der Waals surface area contributed by atoms with Gasteiger partial charge in [0.05, 0.1) is 13.2 Å². The van der Waals surface area contributed by atoms with Crippen LogP contribution in [0.25, 0.3) is 0 Å². The molecule has 3 nitrogen and oxygen atoms in total. The van der Waals surface area contributed by atoms with E-state index >= 15 is 0 Å². The summed E-state index contributed by atoms with van der Waals surface area (Å²) in [5.74, 6) is -0.180. The molecule has 106 valence electrons. The van der Waals surface area contributed by atoms with Crippen molar-refractivity contribution < 1.29 is 9.13 Å². The zero-order valence-electron chi connectivity index (χ0n) is 11.1. The Hall–Kier alpha value is -1.59. The number of methoxy groups -OCH3 is 1. The van der Waals surface area contributed by atoms with Gasteiger partial charge >= 0.3 is 0 Å². The van der Waals surface area contributed by atoms with Crippen molar-refractivity contribution in [2.24, 2.45) is 5.73 Å². The van der Waals surface area contributed by atoms with Crippen LogP contribution in [0.3, 0.4) is 0 Å². The van der Waals surface area contributed by atoms with Crippen LogP contribution in [-0.4, -0.2) is 13.7 Å². The summed E-state index contributed by atoms with van der Waals surface area (Å²) in [6, 6.07) is 12.4. The van der Waals surface area contributed by atoms with Crippen molar-refractivity contribution in [1.82, 2.24) is 0 Å². The van der Waals surface area contributed by atoms with E-state index in [9.17, 15) is 4.39 Å². The molecule has 0 bridgehead atoms. The van der Waals surface area contributed by atoms with Crippen molar-refractivity contribution in [3.63, 3.8) is 0 Å². The largest absolute Gasteiger partial charge is 0.494 e. The van der Waals surface area contributed by atoms with Crippen LogP contribution in [0, 0.1) is 5.82 Å². The summed E-state index contributed by atoms with van der Waals surface area (Å²) in [5.41, 5.74) is 7.65. The monoisotopic (exact) mass is 338 g/mol. The average molecular weight is 339 g/mol. The van der Waals surface area contributed by atoms with E-state index in [4.69, 9.17) is 10.5 Å². The number of nitrogens with two attached hydrogens (primary N) is 1. The van der Waals surface area contributed by atoms with Crippen LogP contribution in [-0.2, 0) is 0 Å². The van der Waals surface area contributed by atoms with Gasteiger partial charge in [-0.15, -0.1) is 0 Å². The van der Waals surface area contributed by atoms with Gasteiger partial charge in [-0.2, -0.15) is 0 Å². The summed E-state index contributed by atoms with van der Waals surface area (Å²) in [5, 5.41) is 3.29. The summed E-state index contributed by atoms with van der Waals surface area (Å²) in [7, 11) is 1.44. The lowest BCUT2D eigenvalue weighted by Gasteiger charge is -2.20. The highest BCUT2D eigenvalue weighted by atomic mass is 79.9. The van der Waals surface area contributed by atoms with E-state index in [-0.39, 0.29) is 17.6 Å². The van der Waals surface area contributed by atoms with Gasteiger partial charge in [0.1, 0.15) is 0 Å². The van der Waals surface area contributed by atoms with E-state index < -0.39 is 0 Å². The molecule has 0 heterocycles. The molecule has 2 rings (SSSR count). The molecule has 0 aliphatic heterocycles. The lowest BCUT2D eigenvalue weighted by Crippen LogP contribution is -2.21. The second-order valence-corrected chi connectivity index (χ2v) is 5.16. The predicted molar refractivity (Wildman–Crippen MR) is 82.5 cm³/mol. The normalized spacial score (nSPS) is 12.0. The Morgan fingerprint density at radius 2 is 2.05 bits per heavy atom. The minimum Gasteiger partial charge on any atom is -0.494 e. The molecule has 0 aromatic heterocycles. The molecule has 1 unspecified atom stereocenters. The standard InChI is InChI=1S/C15H16BrFN2O/c1-20-15-8-10(6-7-13(15)17)19-14(9-18)11-4-2-3-5-12(11)16/h2-8,14,19H,9,18H2,1H3. The molecule has 0 radical (unpaired) electrons. The third kappa shape index (κ3) is 3.29. The minimum atomic E-state index is -0.386. The summed E-state index contributed by atoms with van der Waals surface area (Å²) in [6.07, 6.45) is 0. The number of benzene rings is 2. The Kier molecular flexibility index (Phi) is 4.98. The molecule has 3 N–H and O–H groups in total. The fourth-order valence-electron chi connectivity index (χ4n) is 1.97. The van der Waals surface area contributed by atoms with Crippen molar-refractivity contribution in [2.75, 3.05) is 19.0 Å². The number of nitrogens with one attached hydrogen (secondary N) is 1. The molecule has 0 fully saturated rings. The first-order chi connectivity index (χ1) is 9.65. The number of hydrogen-bond donors (Lipinski definition) is 2. The summed E-state index contributed by atoms with van der Waals surface area (Å²) in [6.45, 7) is 0.419. The lowest BCUT2D eigenvalue weighted by molar-refractivity contribution is 0.386. The molecule has 0 spiro atoms. The first kappa shape index (κ1) is 14.8. The van der Waals surface area contributed by atoms with E-state index in [1.807, 2.05) is 24.3 Å². The number of hydrogen-bond acceptors (Lipinski definition) is 3. The SMILES string of the molecule is COc1cc(NC(CN)c2ccccc2Br)ccc1F. The Bertz CT molecular complexity index is 592. The zero-order chi connectivity index (χ0) is 14.5. The third-order valence-electron chi connectivity index (χ3n) is 3.01. The molecule has 0 amide bonds. The van der Waals surface area contributed by atoms with Crippen molar-refractivity contribution in [3.05, 3.63) is 58.3 Å². The molecular formula is C15H16BrFN2O. The summed E-state index contributed by atoms with van der Waals surface area (Å²) >= 11 is 3.51. The van der Waals surface area contributed by atoms with Gasteiger partial charge in [0.25, 0.3) is 0 Å². The van der Waals surface area contributed by atoms with Gasteiger partial charge < -0.3 is 15.8 Å². The van der Waals surface area contributed by atoms with Crippen LogP contribution < -0.4 is 15.8 Å². The van der Waals surface area contributed by atoms with E-state index in [0.717, 1.165) is 15.7 Å². The molecule has 0 aliphatic carbocycles. The fraction of sp³-hybridized carbons (Fsp3) is 0.200. The average Bonchev–Trinajstić information content (AvgIpc) is 2.47. The smallest absolute Gasteiger partial charge is 0.165 e. The highest BCUT2D eigenvalue weighted by Crippen LogP contribution is 2.28. The van der Waals surface area contributed by atoms with E-state index in [1.54, 1.807) is 12.1 Å². The second-order valence-electron chi connectivity index (χ2n) is 4.30. The topological polar surface area (TPSA) is 47.3 Å². The van der Waals surface area contributed by atoms with Crippen LogP contribution in [0.4, 0.5) is 10.1 Å². The Labute approximate surface area is 126 Å². The first-order valence-electron chi connectivity index (χ1n) is 6.20. The molecule has 0 aliphatic rings. The van der Waals surface area contributed by atoms with E-state index in [2.05, 4.69) is 21.2 Å². The van der Waals surface area contributed by atoms with Gasteiger partial charge in [0.2, 0.25) is 0 Å². The quantitative estimate of drug-likeness (QED) is 0.873. The molecule has 0 saturated heterocycles. The molecule has 5 heteroatoms. The second kappa shape index (κ2) is 6.72. The number of rotatable bonds is 5. The summed E-state index contributed by atoms with van der Waals surface area (Å²) < 4.78 is 19.3. The zero-order valence-corrected chi connectivity index (χ0v) is 12.7. The maximum atomic E-state index is 13.4. The minimum absolute atomic E-state index is 0.0688. The molecule has 1 atom stereocenters. The Morgan fingerprint density at radius 3 is 2.70 bits per heavy atom. The van der Waals surface area contributed by atoms with E-state index in [1.165, 1.54) is 13.2 Å². The van der Waals surface area contributed by atoms with Crippen molar-refractivity contribution >= 4 is 21.6 Å². The Morgan fingerprint density at radius 1 is 1.30 bits per heavy atom. The molecular weight excluding hydrogens is 323 g/mol. The maximum absolute atomic E-state index is 13.4. The maximum Gasteiger partial charge on any atom is 0.165 e. The first-order valence-corrected chi connectivity index (χ1v) is 6.99. The van der Waals surface area contributed by atoms with Gasteiger partial charge in [0.15, 0.2) is 11.6 Å². The van der Waals surface area contributed by atoms with Crippen LogP contribution >= 0.6 is 15.9 Å². The number of ether oxygens (including phenoxy) is 1. The molecule has 2 aromatic rings. The van der Waals surface area contributed by atoms with Gasteiger partial charge in [-0.05, 0) is 23.8 Å². The molecule has 20 heavy (non-hydrogen) atoms. The third-order valence-corrected chi connectivity index (χ3v) is 3.73. The van der Waals surface area contributed by atoms with Gasteiger partial charge in [0, 0.05) is 22.8 Å². The number of anilines is 1. The Balaban J connectivity index is 2.25. The van der Waals surface area contributed by atoms with E-state index in [0.29, 0.717) is 6.54 Å². The summed E-state index contributed by atoms with van der Waals surface area (Å²) in [4.78, 5) is 0. The van der Waals surface area contributed by atoms with Crippen molar-refractivity contribution in [3.8, 4) is 5.75 Å². The van der Waals surface area contributed by atoms with Gasteiger partial charge in [-0.25, -0.2) is 4.39 Å². The van der Waals surface area contributed by atoms with Crippen LogP contribution in [0.15, 0.2) is 46.9 Å². The highest BCUT2D eigenvalue weighted by molar-refractivity contribution is 9.10. The lowest BCUT2D eigenvalue weighted by atomic mass is 10.1. The van der Waals surface area contributed by atoms with Gasteiger partial charge in [-0.3, -0.25) is 0 Å². The van der Waals surface area contributed by atoms with Crippen LogP contribution in [0.2, 0.25) is 0 Å². The highest BCUT2D eigenvalue weighted by Gasteiger charge is 2.13. The predicted octanol–water partition coefficient (Wildman–Crippen LogP) is 3.71. The van der Waals surface area contributed by atoms with Crippen molar-refractivity contribution in [1.29, 1.82) is 0 Å². The number of halogens is 2. The molecule has 2 aromatic carbocycles. The fourth-order valence-corrected chi connectivity index (χ4v) is 2.53. The molecule has 0 saturated carbocycles.